The first-order valence-electron chi connectivity index (χ1n) is 31.8. The second-order valence-corrected chi connectivity index (χ2v) is 20.2. The molecule has 0 N–H and O–H groups in total. The van der Waals surface area contributed by atoms with Gasteiger partial charge in [0.25, 0.3) is 0 Å². The van der Waals surface area contributed by atoms with Gasteiger partial charge in [-0.25, -0.2) is 0 Å². The fraction of sp³-hybridized carbons (Fsp3) is 0.554. The van der Waals surface area contributed by atoms with Crippen LogP contribution in [-0.4, -0.2) is 37.2 Å². The Balaban J connectivity index is 4.46. The van der Waals surface area contributed by atoms with Crippen molar-refractivity contribution in [1.82, 2.24) is 0 Å². The zero-order valence-electron chi connectivity index (χ0n) is 51.0. The Bertz CT molecular complexity index is 1890. The van der Waals surface area contributed by atoms with E-state index < -0.39 is 12.1 Å². The molecule has 1 atom stereocenters. The molecule has 0 aromatic carbocycles. The number of carbonyl (C=O) groups excluding carboxylic acids is 3. The summed E-state index contributed by atoms with van der Waals surface area (Å²) in [5.74, 6) is -1.10. The van der Waals surface area contributed by atoms with Crippen LogP contribution in [0.4, 0.5) is 0 Å². The predicted octanol–water partition coefficient (Wildman–Crippen LogP) is 22.0. The van der Waals surface area contributed by atoms with Gasteiger partial charge < -0.3 is 14.2 Å². The van der Waals surface area contributed by atoms with Gasteiger partial charge in [-0.05, 0) is 141 Å². The largest absolute Gasteiger partial charge is 0.462 e. The standard InChI is InChI=1S/C74H114O6/c1-4-7-10-13-16-19-22-25-28-30-31-32-33-34-35-36-37-38-39-40-41-42-43-44-47-49-52-55-58-61-64-67-73(76)79-70-71(69-78-72(75)66-63-60-57-54-51-48-45-27-24-21-18-15-12-9-6-3)80-74(77)68-65-62-59-56-53-50-46-29-26-23-20-17-14-11-8-5-2/h7,9-10,12,16,18-21,23,25,27-29,31-32,34-35,37-38,40-41,43-46,51,54,60,63,71H,4-6,8,11,13-15,17,22,24,26,30,33,36,39,42,47-50,52-53,55-59,61-62,64-70H2,1-3H3/b10-7-,12-9-,19-16-,21-18-,23-20-,28-25-,32-31-,35-34-,38-37-,41-40-,44-43-,45-27-,46-29-,54-51-,63-60-. The summed E-state index contributed by atoms with van der Waals surface area (Å²) in [7, 11) is 0. The molecule has 0 aliphatic rings. The summed E-state index contributed by atoms with van der Waals surface area (Å²) < 4.78 is 16.8. The number of allylic oxidation sites excluding steroid dienone is 29. The second-order valence-electron chi connectivity index (χ2n) is 20.2. The number of hydrogen-bond donors (Lipinski definition) is 0. The number of ether oxygens (including phenoxy) is 3. The molecule has 0 amide bonds. The fourth-order valence-corrected chi connectivity index (χ4v) is 7.97. The molecule has 0 bridgehead atoms. The summed E-state index contributed by atoms with van der Waals surface area (Å²) >= 11 is 0. The molecule has 0 rings (SSSR count). The van der Waals surface area contributed by atoms with Crippen LogP contribution in [0, 0.1) is 0 Å². The zero-order valence-corrected chi connectivity index (χ0v) is 51.0. The highest BCUT2D eigenvalue weighted by Gasteiger charge is 2.19. The van der Waals surface area contributed by atoms with Crippen molar-refractivity contribution in [1.29, 1.82) is 0 Å². The summed E-state index contributed by atoms with van der Waals surface area (Å²) in [6, 6.07) is 0. The van der Waals surface area contributed by atoms with Gasteiger partial charge in [-0.15, -0.1) is 0 Å². The molecule has 6 nitrogen and oxygen atoms in total. The SMILES string of the molecule is CC/C=C\C/C=C\C/C=C\C/C=C\C/C=C\C/C=C\C/C=C\C/C=C\CCCCCCCCC(=O)OCC(COC(=O)C/C=C\C/C=C\C/C=C\C/C=C\C/C=C\CC)OC(=O)CCCCCCC/C=C\C/C=C\CCCCCC. The number of unbranched alkanes of at least 4 members (excludes halogenated alkanes) is 15. The highest BCUT2D eigenvalue weighted by Crippen LogP contribution is 2.13. The quantitative estimate of drug-likeness (QED) is 0.0261. The molecule has 0 aromatic heterocycles. The van der Waals surface area contributed by atoms with Gasteiger partial charge in [0.15, 0.2) is 6.10 Å². The Kier molecular flexibility index (Phi) is 61.5. The first kappa shape index (κ1) is 74.5. The molecule has 0 spiro atoms. The molecule has 0 saturated carbocycles. The molecule has 0 aliphatic heterocycles. The topological polar surface area (TPSA) is 78.9 Å². The van der Waals surface area contributed by atoms with E-state index in [9.17, 15) is 14.4 Å². The minimum absolute atomic E-state index is 0.112. The molecule has 0 saturated heterocycles. The van der Waals surface area contributed by atoms with Crippen molar-refractivity contribution in [3.8, 4) is 0 Å². The fourth-order valence-electron chi connectivity index (χ4n) is 7.97. The Morgan fingerprint density at radius 2 is 0.537 bits per heavy atom. The van der Waals surface area contributed by atoms with E-state index in [0.29, 0.717) is 6.42 Å². The molecule has 0 aliphatic carbocycles. The number of hydrogen-bond acceptors (Lipinski definition) is 6. The summed E-state index contributed by atoms with van der Waals surface area (Å²) in [4.78, 5) is 38.2. The lowest BCUT2D eigenvalue weighted by molar-refractivity contribution is -0.166. The van der Waals surface area contributed by atoms with Crippen molar-refractivity contribution >= 4 is 17.9 Å². The molecular weight excluding hydrogens is 985 g/mol. The van der Waals surface area contributed by atoms with E-state index in [4.69, 9.17) is 14.2 Å². The van der Waals surface area contributed by atoms with Crippen molar-refractivity contribution < 1.29 is 28.6 Å². The van der Waals surface area contributed by atoms with Crippen LogP contribution in [0.25, 0.3) is 0 Å². The first-order valence-corrected chi connectivity index (χ1v) is 31.8. The van der Waals surface area contributed by atoms with Gasteiger partial charge in [0.2, 0.25) is 0 Å². The van der Waals surface area contributed by atoms with Crippen LogP contribution in [0.1, 0.15) is 245 Å². The Morgan fingerprint density at radius 1 is 0.275 bits per heavy atom. The first-order chi connectivity index (χ1) is 39.5. The Labute approximate surface area is 491 Å². The van der Waals surface area contributed by atoms with Crippen molar-refractivity contribution in [2.75, 3.05) is 13.2 Å². The van der Waals surface area contributed by atoms with Gasteiger partial charge in [-0.3, -0.25) is 14.4 Å². The normalized spacial score (nSPS) is 13.4. The maximum atomic E-state index is 12.9. The van der Waals surface area contributed by atoms with Crippen LogP contribution >= 0.6 is 0 Å². The average molecular weight is 1100 g/mol. The van der Waals surface area contributed by atoms with Crippen LogP contribution in [-0.2, 0) is 28.6 Å². The molecule has 446 valence electrons. The molecule has 6 heteroatoms. The molecule has 80 heavy (non-hydrogen) atoms. The minimum atomic E-state index is -0.843. The maximum Gasteiger partial charge on any atom is 0.309 e. The molecule has 0 aromatic rings. The number of rotatable bonds is 55. The van der Waals surface area contributed by atoms with Gasteiger partial charge in [-0.1, -0.05) is 267 Å². The Morgan fingerprint density at radius 3 is 0.875 bits per heavy atom. The van der Waals surface area contributed by atoms with Crippen LogP contribution in [0.2, 0.25) is 0 Å². The van der Waals surface area contributed by atoms with E-state index >= 15 is 0 Å². The number of carbonyl (C=O) groups is 3. The predicted molar refractivity (Wildman–Crippen MR) is 348 cm³/mol. The van der Waals surface area contributed by atoms with Gasteiger partial charge in [0.1, 0.15) is 13.2 Å². The number of esters is 3. The third kappa shape index (κ3) is 63.3. The lowest BCUT2D eigenvalue weighted by Crippen LogP contribution is -2.30. The molecule has 0 radical (unpaired) electrons. The monoisotopic (exact) mass is 1100 g/mol. The van der Waals surface area contributed by atoms with Gasteiger partial charge in [0, 0.05) is 12.8 Å². The van der Waals surface area contributed by atoms with Crippen molar-refractivity contribution in [3.05, 3.63) is 182 Å². The molecule has 0 fully saturated rings. The zero-order chi connectivity index (χ0) is 57.8. The molecule has 1 unspecified atom stereocenters. The van der Waals surface area contributed by atoms with Crippen molar-refractivity contribution in [2.45, 2.75) is 252 Å². The van der Waals surface area contributed by atoms with E-state index in [2.05, 4.69) is 191 Å². The lowest BCUT2D eigenvalue weighted by Gasteiger charge is -2.18. The average Bonchev–Trinajstić information content (AvgIpc) is 3.46. The summed E-state index contributed by atoms with van der Waals surface area (Å²) in [5.41, 5.74) is 0. The smallest absolute Gasteiger partial charge is 0.309 e. The van der Waals surface area contributed by atoms with E-state index in [-0.39, 0.29) is 38.0 Å². The molecule has 0 heterocycles. The molecular formula is C74H114O6. The van der Waals surface area contributed by atoms with E-state index in [1.165, 1.54) is 44.9 Å². The lowest BCUT2D eigenvalue weighted by atomic mass is 10.1. The van der Waals surface area contributed by atoms with Crippen molar-refractivity contribution in [2.24, 2.45) is 0 Å². The summed E-state index contributed by atoms with van der Waals surface area (Å²) in [6.07, 6.45) is 99.2. The van der Waals surface area contributed by atoms with Gasteiger partial charge >= 0.3 is 17.9 Å². The van der Waals surface area contributed by atoms with E-state index in [0.717, 1.165) is 161 Å². The van der Waals surface area contributed by atoms with E-state index in [1.54, 1.807) is 6.08 Å². The van der Waals surface area contributed by atoms with Crippen LogP contribution in [0.3, 0.4) is 0 Å². The summed E-state index contributed by atoms with van der Waals surface area (Å²) in [5, 5.41) is 0. The minimum Gasteiger partial charge on any atom is -0.462 e. The third-order valence-electron chi connectivity index (χ3n) is 12.7. The van der Waals surface area contributed by atoms with Gasteiger partial charge in [-0.2, -0.15) is 0 Å². The van der Waals surface area contributed by atoms with Crippen LogP contribution in [0.5, 0.6) is 0 Å². The summed E-state index contributed by atoms with van der Waals surface area (Å²) in [6.45, 7) is 6.27. The Hall–Kier alpha value is -5.49. The van der Waals surface area contributed by atoms with E-state index in [1.807, 2.05) is 6.08 Å². The highest BCUT2D eigenvalue weighted by molar-refractivity contribution is 5.72. The highest BCUT2D eigenvalue weighted by atomic mass is 16.6. The third-order valence-corrected chi connectivity index (χ3v) is 12.7. The van der Waals surface area contributed by atoms with Crippen LogP contribution < -0.4 is 0 Å². The van der Waals surface area contributed by atoms with Gasteiger partial charge in [0.05, 0.1) is 6.42 Å². The second kappa shape index (κ2) is 66.0. The maximum absolute atomic E-state index is 12.9. The van der Waals surface area contributed by atoms with Crippen molar-refractivity contribution in [3.63, 3.8) is 0 Å². The van der Waals surface area contributed by atoms with Crippen LogP contribution in [0.15, 0.2) is 182 Å².